The van der Waals surface area contributed by atoms with Crippen molar-refractivity contribution >= 4 is 52.5 Å². The zero-order valence-electron chi connectivity index (χ0n) is 15.4. The van der Waals surface area contributed by atoms with Gasteiger partial charge in [0.2, 0.25) is 11.8 Å². The first-order valence-corrected chi connectivity index (χ1v) is 9.89. The maximum absolute atomic E-state index is 12.9. The van der Waals surface area contributed by atoms with Crippen molar-refractivity contribution in [3.63, 3.8) is 0 Å². The second-order valence-electron chi connectivity index (χ2n) is 6.59. The van der Waals surface area contributed by atoms with E-state index in [1.165, 1.54) is 29.7 Å². The molecule has 0 saturated heterocycles. The summed E-state index contributed by atoms with van der Waals surface area (Å²) in [6, 6.07) is 11.8. The van der Waals surface area contributed by atoms with Crippen molar-refractivity contribution in [2.75, 3.05) is 27.8 Å². The molecule has 4 rings (SSSR count). The highest BCUT2D eigenvalue weighted by Crippen LogP contribution is 2.32. The molecule has 2 aromatic carbocycles. The molecule has 8 nitrogen and oxygen atoms in total. The first kappa shape index (κ1) is 19.0. The quantitative estimate of drug-likeness (QED) is 0.751. The van der Waals surface area contributed by atoms with Crippen LogP contribution < -0.4 is 15.5 Å². The number of fused-ring (bicyclic) bond motifs is 2. The summed E-state index contributed by atoms with van der Waals surface area (Å²) in [6.07, 6.45) is -1.10. The Hall–Kier alpha value is -3.33. The van der Waals surface area contributed by atoms with E-state index in [1.807, 2.05) is 0 Å². The summed E-state index contributed by atoms with van der Waals surface area (Å²) < 4.78 is 5.34. The van der Waals surface area contributed by atoms with E-state index in [0.29, 0.717) is 22.8 Å². The molecule has 2 aliphatic rings. The van der Waals surface area contributed by atoms with Crippen molar-refractivity contribution in [1.82, 2.24) is 0 Å². The molecule has 0 radical (unpaired) electrons. The molecule has 0 fully saturated rings. The van der Waals surface area contributed by atoms with E-state index in [-0.39, 0.29) is 23.9 Å². The zero-order valence-corrected chi connectivity index (χ0v) is 16.2. The van der Waals surface area contributed by atoms with Gasteiger partial charge in [0.25, 0.3) is 5.91 Å². The van der Waals surface area contributed by atoms with Gasteiger partial charge in [0.15, 0.2) is 6.10 Å². The van der Waals surface area contributed by atoms with Crippen LogP contribution in [-0.4, -0.2) is 42.1 Å². The van der Waals surface area contributed by atoms with E-state index in [2.05, 4.69) is 10.6 Å². The summed E-state index contributed by atoms with van der Waals surface area (Å²) in [5.74, 6) is -1.32. The van der Waals surface area contributed by atoms with Gasteiger partial charge in [-0.1, -0.05) is 12.1 Å². The number of thioether (sulfide) groups is 1. The lowest BCUT2D eigenvalue weighted by atomic mass is 10.1. The molecule has 29 heavy (non-hydrogen) atoms. The van der Waals surface area contributed by atoms with Gasteiger partial charge in [-0.05, 0) is 37.3 Å². The highest BCUT2D eigenvalue weighted by Gasteiger charge is 2.31. The number of ether oxygens (including phenoxy) is 1. The molecular weight excluding hydrogens is 394 g/mol. The van der Waals surface area contributed by atoms with E-state index < -0.39 is 18.0 Å². The largest absolute Gasteiger partial charge is 0.449 e. The fourth-order valence-corrected chi connectivity index (χ4v) is 3.93. The number of para-hydroxylation sites is 2. The number of esters is 1. The van der Waals surface area contributed by atoms with Gasteiger partial charge >= 0.3 is 5.97 Å². The van der Waals surface area contributed by atoms with E-state index in [4.69, 9.17) is 4.74 Å². The van der Waals surface area contributed by atoms with Gasteiger partial charge in [0.05, 0.1) is 28.4 Å². The molecule has 2 aliphatic heterocycles. The number of benzene rings is 2. The van der Waals surface area contributed by atoms with Gasteiger partial charge < -0.3 is 15.4 Å². The monoisotopic (exact) mass is 411 g/mol. The van der Waals surface area contributed by atoms with Gasteiger partial charge in [-0.2, -0.15) is 0 Å². The minimum Gasteiger partial charge on any atom is -0.449 e. The smallest absolute Gasteiger partial charge is 0.338 e. The van der Waals surface area contributed by atoms with Crippen LogP contribution in [0, 0.1) is 0 Å². The molecule has 0 aliphatic carbocycles. The normalized spacial score (nSPS) is 16.1. The Kier molecular flexibility index (Phi) is 4.98. The summed E-state index contributed by atoms with van der Waals surface area (Å²) in [4.78, 5) is 51.0. The molecule has 2 heterocycles. The lowest BCUT2D eigenvalue weighted by Gasteiger charge is -2.30. The zero-order chi connectivity index (χ0) is 20.5. The van der Waals surface area contributed by atoms with Crippen LogP contribution in [0.1, 0.15) is 17.3 Å². The summed E-state index contributed by atoms with van der Waals surface area (Å²) in [5, 5.41) is 5.42. The third-order valence-corrected chi connectivity index (χ3v) is 5.59. The minimum absolute atomic E-state index is 0.140. The highest BCUT2D eigenvalue weighted by atomic mass is 32.2. The van der Waals surface area contributed by atoms with Gasteiger partial charge in [-0.25, -0.2) is 4.79 Å². The minimum atomic E-state index is -1.10. The lowest BCUT2D eigenvalue weighted by molar-refractivity contribution is -0.128. The summed E-state index contributed by atoms with van der Waals surface area (Å²) in [6.45, 7) is 1.31. The van der Waals surface area contributed by atoms with Crippen LogP contribution in [0.2, 0.25) is 0 Å². The molecule has 0 unspecified atom stereocenters. The van der Waals surface area contributed by atoms with E-state index >= 15 is 0 Å². The topological polar surface area (TPSA) is 105 Å². The average Bonchev–Trinajstić information content (AvgIpc) is 2.71. The summed E-state index contributed by atoms with van der Waals surface area (Å²) in [7, 11) is 0. The number of nitrogens with zero attached hydrogens (tertiary/aromatic N) is 1. The van der Waals surface area contributed by atoms with Crippen LogP contribution in [0.25, 0.3) is 0 Å². The molecule has 2 aromatic rings. The molecule has 0 saturated carbocycles. The Morgan fingerprint density at radius 3 is 2.66 bits per heavy atom. The number of nitrogens with one attached hydrogen (secondary N) is 2. The molecule has 1 atom stereocenters. The number of rotatable bonds is 3. The Balaban J connectivity index is 1.49. The number of carbonyl (C=O) groups is 4. The van der Waals surface area contributed by atoms with Crippen molar-refractivity contribution in [3.8, 4) is 0 Å². The summed E-state index contributed by atoms with van der Waals surface area (Å²) >= 11 is 1.39. The van der Waals surface area contributed by atoms with Crippen molar-refractivity contribution in [2.45, 2.75) is 17.9 Å². The van der Waals surface area contributed by atoms with Crippen LogP contribution >= 0.6 is 11.8 Å². The van der Waals surface area contributed by atoms with Crippen molar-refractivity contribution < 1.29 is 23.9 Å². The number of hydrogen-bond donors (Lipinski definition) is 2. The average molecular weight is 411 g/mol. The van der Waals surface area contributed by atoms with Gasteiger partial charge in [0, 0.05) is 4.90 Å². The Labute approximate surface area is 170 Å². The number of anilines is 3. The third-order valence-electron chi connectivity index (χ3n) is 4.52. The van der Waals surface area contributed by atoms with Crippen molar-refractivity contribution in [2.24, 2.45) is 0 Å². The van der Waals surface area contributed by atoms with Crippen LogP contribution in [0.15, 0.2) is 47.4 Å². The predicted molar refractivity (Wildman–Crippen MR) is 108 cm³/mol. The van der Waals surface area contributed by atoms with Gasteiger partial charge in [-0.15, -0.1) is 11.8 Å². The van der Waals surface area contributed by atoms with E-state index in [0.717, 1.165) is 4.90 Å². The van der Waals surface area contributed by atoms with Gasteiger partial charge in [0.1, 0.15) is 6.54 Å². The van der Waals surface area contributed by atoms with Crippen LogP contribution in [0.4, 0.5) is 17.1 Å². The molecule has 0 bridgehead atoms. The number of amides is 3. The number of carbonyl (C=O) groups excluding carboxylic acids is 4. The summed E-state index contributed by atoms with van der Waals surface area (Å²) in [5.41, 5.74) is 1.84. The maximum atomic E-state index is 12.9. The Bertz CT molecular complexity index is 1040. The standard InChI is InChI=1S/C20H17N3O5S/c1-11(19(26)23-9-17(24)21-13-4-2-3-5-15(13)23)28-20(27)12-6-7-16-14(8-12)22-18(25)10-29-16/h2-8,11H,9-10H2,1H3,(H,21,24)(H,22,25)/t11-/m1/s1. The van der Waals surface area contributed by atoms with Crippen LogP contribution in [0.3, 0.4) is 0 Å². The molecular formula is C20H17N3O5S. The van der Waals surface area contributed by atoms with Crippen LogP contribution in [0.5, 0.6) is 0 Å². The highest BCUT2D eigenvalue weighted by molar-refractivity contribution is 8.00. The molecule has 148 valence electrons. The van der Waals surface area contributed by atoms with Crippen molar-refractivity contribution in [1.29, 1.82) is 0 Å². The predicted octanol–water partition coefficient (Wildman–Crippen LogP) is 2.26. The lowest BCUT2D eigenvalue weighted by Crippen LogP contribution is -2.47. The Morgan fingerprint density at radius 1 is 1.07 bits per heavy atom. The van der Waals surface area contributed by atoms with Crippen LogP contribution in [-0.2, 0) is 19.1 Å². The molecule has 3 amide bonds. The van der Waals surface area contributed by atoms with Gasteiger partial charge in [-0.3, -0.25) is 19.3 Å². The Morgan fingerprint density at radius 2 is 1.83 bits per heavy atom. The fraction of sp³-hybridized carbons (Fsp3) is 0.200. The molecule has 2 N–H and O–H groups in total. The first-order valence-electron chi connectivity index (χ1n) is 8.90. The second kappa shape index (κ2) is 7.59. The maximum Gasteiger partial charge on any atom is 0.338 e. The van der Waals surface area contributed by atoms with E-state index in [1.54, 1.807) is 36.4 Å². The molecule has 9 heteroatoms. The molecule has 0 aromatic heterocycles. The molecule has 0 spiro atoms. The van der Waals surface area contributed by atoms with Crippen molar-refractivity contribution in [3.05, 3.63) is 48.0 Å². The SMILES string of the molecule is C[C@@H](OC(=O)c1ccc2c(c1)NC(=O)CS2)C(=O)N1CC(=O)Nc2ccccc21. The fourth-order valence-electron chi connectivity index (χ4n) is 3.14. The number of hydrogen-bond acceptors (Lipinski definition) is 6. The second-order valence-corrected chi connectivity index (χ2v) is 7.60. The first-order chi connectivity index (χ1) is 13.9. The third kappa shape index (κ3) is 3.81. The van der Waals surface area contributed by atoms with E-state index in [9.17, 15) is 19.2 Å².